The van der Waals surface area contributed by atoms with E-state index < -0.39 is 0 Å². The molecule has 0 saturated carbocycles. The number of hydrogen-bond acceptors (Lipinski definition) is 4. The molecule has 0 aliphatic rings. The quantitative estimate of drug-likeness (QED) is 0.350. The fourth-order valence-electron chi connectivity index (χ4n) is 1.18. The molecule has 86 valence electrons. The third-order valence-corrected chi connectivity index (χ3v) is 1.85. The lowest BCUT2D eigenvalue weighted by Gasteiger charge is -2.01. The largest absolute Gasteiger partial charge is 0.466 e. The normalized spacial score (nSPS) is 9.73. The molecule has 0 bridgehead atoms. The van der Waals surface area contributed by atoms with Crippen LogP contribution in [0.25, 0.3) is 0 Å². The summed E-state index contributed by atoms with van der Waals surface area (Å²) in [6, 6.07) is 0. The van der Waals surface area contributed by atoms with Crippen LogP contribution in [-0.4, -0.2) is 24.1 Å². The molecule has 4 nitrogen and oxygen atoms in total. The lowest BCUT2D eigenvalue weighted by atomic mass is 10.1. The van der Waals surface area contributed by atoms with E-state index in [1.165, 1.54) is 13.8 Å². The molecule has 0 aromatic rings. The molecule has 4 heteroatoms. The van der Waals surface area contributed by atoms with Gasteiger partial charge < -0.3 is 4.74 Å². The van der Waals surface area contributed by atoms with Gasteiger partial charge in [0.05, 0.1) is 13.0 Å². The van der Waals surface area contributed by atoms with Crippen molar-refractivity contribution >= 4 is 17.5 Å². The van der Waals surface area contributed by atoms with Gasteiger partial charge in [-0.1, -0.05) is 0 Å². The second-order valence-electron chi connectivity index (χ2n) is 3.57. The molecular formula is C11H18O4. The molecule has 0 radical (unpaired) electrons. The number of unbranched alkanes of at least 4 members (excludes halogenated alkanes) is 2. The van der Waals surface area contributed by atoms with Gasteiger partial charge in [-0.15, -0.1) is 0 Å². The molecule has 0 saturated heterocycles. The monoisotopic (exact) mass is 214 g/mol. The number of hydrogen-bond donors (Lipinski definition) is 0. The summed E-state index contributed by atoms with van der Waals surface area (Å²) in [7, 11) is 0. The summed E-state index contributed by atoms with van der Waals surface area (Å²) in [4.78, 5) is 32.1. The Morgan fingerprint density at radius 1 is 1.00 bits per heavy atom. The van der Waals surface area contributed by atoms with Gasteiger partial charge in [0.2, 0.25) is 0 Å². The van der Waals surface area contributed by atoms with Gasteiger partial charge >= 0.3 is 5.97 Å². The Labute approximate surface area is 90.0 Å². The first-order chi connectivity index (χ1) is 7.02. The lowest BCUT2D eigenvalue weighted by Crippen LogP contribution is -2.04. The third kappa shape index (κ3) is 10.7. The van der Waals surface area contributed by atoms with E-state index in [0.29, 0.717) is 13.0 Å². The van der Waals surface area contributed by atoms with Crippen LogP contribution >= 0.6 is 0 Å². The zero-order valence-corrected chi connectivity index (χ0v) is 9.38. The summed E-state index contributed by atoms with van der Waals surface area (Å²) in [5, 5.41) is 0. The molecular weight excluding hydrogens is 196 g/mol. The predicted molar refractivity (Wildman–Crippen MR) is 55.4 cm³/mol. The average molecular weight is 214 g/mol. The van der Waals surface area contributed by atoms with Gasteiger partial charge in [-0.2, -0.15) is 0 Å². The average Bonchev–Trinajstić information content (AvgIpc) is 2.09. The first-order valence-corrected chi connectivity index (χ1v) is 5.17. The Bertz CT molecular complexity index is 233. The number of carbonyl (C=O) groups excluding carboxylic acids is 3. The lowest BCUT2D eigenvalue weighted by molar-refractivity contribution is -0.141. The van der Waals surface area contributed by atoms with E-state index in [1.54, 1.807) is 0 Å². The highest BCUT2D eigenvalue weighted by Crippen LogP contribution is 2.03. The maximum Gasteiger partial charge on any atom is 0.302 e. The fourth-order valence-corrected chi connectivity index (χ4v) is 1.18. The Kier molecular flexibility index (Phi) is 7.50. The van der Waals surface area contributed by atoms with Crippen LogP contribution in [0.5, 0.6) is 0 Å². The minimum atomic E-state index is -0.275. The van der Waals surface area contributed by atoms with E-state index in [9.17, 15) is 14.4 Å². The number of rotatable bonds is 8. The fraction of sp³-hybridized carbons (Fsp3) is 0.727. The third-order valence-electron chi connectivity index (χ3n) is 1.85. The number of ether oxygens (including phenoxy) is 1. The number of carbonyl (C=O) groups is 3. The van der Waals surface area contributed by atoms with Crippen LogP contribution in [0.2, 0.25) is 0 Å². The summed E-state index contributed by atoms with van der Waals surface area (Å²) >= 11 is 0. The first-order valence-electron chi connectivity index (χ1n) is 5.17. The number of Topliss-reactive ketones (excluding diaryl/α,β-unsaturated/α-hetero) is 2. The second kappa shape index (κ2) is 8.15. The standard InChI is InChI=1S/C11H18O4/c1-9(12)8-11(14)6-4-3-5-7-15-10(2)13/h3-8H2,1-2H3. The molecule has 15 heavy (non-hydrogen) atoms. The topological polar surface area (TPSA) is 60.4 Å². The number of ketones is 2. The minimum Gasteiger partial charge on any atom is -0.466 e. The van der Waals surface area contributed by atoms with Gasteiger partial charge in [-0.25, -0.2) is 0 Å². The van der Waals surface area contributed by atoms with Gasteiger partial charge in [-0.05, 0) is 26.2 Å². The molecule has 0 amide bonds. The van der Waals surface area contributed by atoms with Crippen LogP contribution in [0.3, 0.4) is 0 Å². The van der Waals surface area contributed by atoms with Crippen molar-refractivity contribution in [3.05, 3.63) is 0 Å². The maximum absolute atomic E-state index is 11.1. The molecule has 0 aliphatic heterocycles. The van der Waals surface area contributed by atoms with Crippen molar-refractivity contribution in [2.75, 3.05) is 6.61 Å². The highest BCUT2D eigenvalue weighted by molar-refractivity contribution is 5.97. The summed E-state index contributed by atoms with van der Waals surface area (Å²) in [6.45, 7) is 3.20. The minimum absolute atomic E-state index is 0.00464. The summed E-state index contributed by atoms with van der Waals surface area (Å²) in [5.41, 5.74) is 0. The van der Waals surface area contributed by atoms with E-state index in [-0.39, 0.29) is 24.0 Å². The van der Waals surface area contributed by atoms with E-state index in [4.69, 9.17) is 4.74 Å². The van der Waals surface area contributed by atoms with Gasteiger partial charge in [0.15, 0.2) is 0 Å². The summed E-state index contributed by atoms with van der Waals surface area (Å²) in [6.07, 6.45) is 2.86. The van der Waals surface area contributed by atoms with Crippen molar-refractivity contribution in [1.29, 1.82) is 0 Å². The van der Waals surface area contributed by atoms with Crippen molar-refractivity contribution in [1.82, 2.24) is 0 Å². The predicted octanol–water partition coefficient (Wildman–Crippen LogP) is 1.66. The zero-order valence-electron chi connectivity index (χ0n) is 9.38. The summed E-state index contributed by atoms with van der Waals surface area (Å²) in [5.74, 6) is -0.363. The van der Waals surface area contributed by atoms with Gasteiger partial charge in [0.1, 0.15) is 11.6 Å². The van der Waals surface area contributed by atoms with Crippen molar-refractivity contribution in [2.24, 2.45) is 0 Å². The summed E-state index contributed by atoms with van der Waals surface area (Å²) < 4.78 is 4.74. The SMILES string of the molecule is CC(=O)CC(=O)CCCCCOC(C)=O. The van der Waals surface area contributed by atoms with Crippen molar-refractivity contribution in [3.63, 3.8) is 0 Å². The van der Waals surface area contributed by atoms with E-state index >= 15 is 0 Å². The Balaban J connectivity index is 3.27. The maximum atomic E-state index is 11.1. The van der Waals surface area contributed by atoms with Crippen LogP contribution in [0.1, 0.15) is 46.0 Å². The molecule has 0 unspecified atom stereocenters. The molecule has 0 heterocycles. The van der Waals surface area contributed by atoms with Crippen molar-refractivity contribution in [3.8, 4) is 0 Å². The first kappa shape index (κ1) is 13.8. The molecule has 0 spiro atoms. The molecule has 0 fully saturated rings. The van der Waals surface area contributed by atoms with Crippen LogP contribution in [0.4, 0.5) is 0 Å². The molecule has 0 atom stereocenters. The second-order valence-corrected chi connectivity index (χ2v) is 3.57. The van der Waals surface area contributed by atoms with E-state index in [0.717, 1.165) is 19.3 Å². The Morgan fingerprint density at radius 3 is 2.20 bits per heavy atom. The van der Waals surface area contributed by atoms with E-state index in [2.05, 4.69) is 0 Å². The van der Waals surface area contributed by atoms with Gasteiger partial charge in [-0.3, -0.25) is 14.4 Å². The van der Waals surface area contributed by atoms with Crippen LogP contribution in [-0.2, 0) is 19.1 Å². The van der Waals surface area contributed by atoms with Crippen molar-refractivity contribution in [2.45, 2.75) is 46.0 Å². The molecule has 0 aromatic heterocycles. The highest BCUT2D eigenvalue weighted by atomic mass is 16.5. The van der Waals surface area contributed by atoms with Crippen molar-refractivity contribution < 1.29 is 19.1 Å². The van der Waals surface area contributed by atoms with Crippen LogP contribution in [0.15, 0.2) is 0 Å². The molecule has 0 aromatic carbocycles. The van der Waals surface area contributed by atoms with Gasteiger partial charge in [0.25, 0.3) is 0 Å². The van der Waals surface area contributed by atoms with Crippen LogP contribution in [0, 0.1) is 0 Å². The van der Waals surface area contributed by atoms with Gasteiger partial charge in [0, 0.05) is 13.3 Å². The molecule has 0 N–H and O–H groups in total. The molecule has 0 rings (SSSR count). The van der Waals surface area contributed by atoms with E-state index in [1.807, 2.05) is 0 Å². The highest BCUT2D eigenvalue weighted by Gasteiger charge is 2.04. The Morgan fingerprint density at radius 2 is 1.67 bits per heavy atom. The molecule has 0 aliphatic carbocycles. The smallest absolute Gasteiger partial charge is 0.302 e. The van der Waals surface area contributed by atoms with Crippen LogP contribution < -0.4 is 0 Å². The Hall–Kier alpha value is -1.19. The zero-order chi connectivity index (χ0) is 11.7. The number of esters is 1.